The number of piperidine rings is 1. The van der Waals surface area contributed by atoms with E-state index >= 15 is 4.39 Å². The van der Waals surface area contributed by atoms with Crippen LogP contribution >= 0.6 is 0 Å². The number of aromatic nitrogens is 2. The lowest BCUT2D eigenvalue weighted by atomic mass is 9.96. The van der Waals surface area contributed by atoms with Crippen LogP contribution in [0.15, 0.2) is 34.9 Å². The van der Waals surface area contributed by atoms with E-state index in [4.69, 9.17) is 4.52 Å². The molecule has 1 aliphatic heterocycles. The summed E-state index contributed by atoms with van der Waals surface area (Å²) in [6.45, 7) is 1.61. The molecule has 124 valence electrons. The van der Waals surface area contributed by atoms with Crippen molar-refractivity contribution in [3.8, 4) is 0 Å². The summed E-state index contributed by atoms with van der Waals surface area (Å²) >= 11 is 0. The molecule has 0 amide bonds. The van der Waals surface area contributed by atoms with Crippen LogP contribution in [0.4, 0.5) is 4.39 Å². The van der Waals surface area contributed by atoms with Crippen LogP contribution in [0.2, 0.25) is 0 Å². The van der Waals surface area contributed by atoms with E-state index in [-0.39, 0.29) is 24.6 Å². The molecule has 0 saturated carbocycles. The van der Waals surface area contributed by atoms with E-state index in [1.165, 1.54) is 4.31 Å². The summed E-state index contributed by atoms with van der Waals surface area (Å²) < 4.78 is 46.4. The molecule has 6 nitrogen and oxygen atoms in total. The first-order valence-electron chi connectivity index (χ1n) is 7.40. The summed E-state index contributed by atoms with van der Waals surface area (Å²) in [6.07, 6.45) is 0.581. The van der Waals surface area contributed by atoms with Gasteiger partial charge in [0.05, 0.1) is 12.3 Å². The zero-order valence-electron chi connectivity index (χ0n) is 12.8. The smallest absolute Gasteiger partial charge is 0.265 e. The van der Waals surface area contributed by atoms with Crippen molar-refractivity contribution in [2.24, 2.45) is 0 Å². The summed E-state index contributed by atoms with van der Waals surface area (Å²) in [5, 5.41) is 3.60. The van der Waals surface area contributed by atoms with E-state index < -0.39 is 15.7 Å². The van der Waals surface area contributed by atoms with Crippen LogP contribution < -0.4 is 0 Å². The first kappa shape index (κ1) is 16.1. The zero-order chi connectivity index (χ0) is 16.5. The van der Waals surface area contributed by atoms with Crippen molar-refractivity contribution in [1.82, 2.24) is 14.4 Å². The van der Waals surface area contributed by atoms with Crippen molar-refractivity contribution in [3.05, 3.63) is 47.6 Å². The molecule has 23 heavy (non-hydrogen) atoms. The molecule has 0 aliphatic carbocycles. The van der Waals surface area contributed by atoms with Gasteiger partial charge in [-0.25, -0.2) is 12.8 Å². The Labute approximate surface area is 134 Å². The van der Waals surface area contributed by atoms with E-state index in [9.17, 15) is 8.42 Å². The van der Waals surface area contributed by atoms with E-state index in [1.807, 2.05) is 6.07 Å². The average molecular weight is 339 g/mol. The fourth-order valence-electron chi connectivity index (χ4n) is 2.74. The predicted octanol–water partition coefficient (Wildman–Crippen LogP) is 2.17. The minimum Gasteiger partial charge on any atom is -0.336 e. The largest absolute Gasteiger partial charge is 0.336 e. The van der Waals surface area contributed by atoms with Gasteiger partial charge in [-0.05, 0) is 25.3 Å². The highest BCUT2D eigenvalue weighted by Gasteiger charge is 2.45. The number of aryl methyl sites for hydroxylation is 1. The van der Waals surface area contributed by atoms with Crippen molar-refractivity contribution in [1.29, 1.82) is 0 Å². The molecule has 1 aromatic carbocycles. The minimum atomic E-state index is -3.61. The first-order valence-corrected chi connectivity index (χ1v) is 9.01. The van der Waals surface area contributed by atoms with Gasteiger partial charge in [0.25, 0.3) is 5.89 Å². The maximum Gasteiger partial charge on any atom is 0.265 e. The molecule has 2 aromatic rings. The van der Waals surface area contributed by atoms with Gasteiger partial charge in [-0.15, -0.1) is 0 Å². The quantitative estimate of drug-likeness (QED) is 0.853. The third-order valence-corrected chi connectivity index (χ3v) is 5.70. The molecule has 1 saturated heterocycles. The topological polar surface area (TPSA) is 76.3 Å². The molecule has 0 spiro atoms. The third-order valence-electron chi connectivity index (χ3n) is 3.90. The van der Waals surface area contributed by atoms with Crippen LogP contribution in [-0.4, -0.2) is 36.0 Å². The normalized spacial score (nSPS) is 23.0. The molecule has 1 fully saturated rings. The number of sulfonamides is 1. The molecule has 2 heterocycles. The van der Waals surface area contributed by atoms with Crippen molar-refractivity contribution >= 4 is 10.0 Å². The number of hydrogen-bond acceptors (Lipinski definition) is 5. The van der Waals surface area contributed by atoms with Gasteiger partial charge in [0, 0.05) is 6.54 Å². The van der Waals surface area contributed by atoms with Gasteiger partial charge in [0.1, 0.15) is 0 Å². The van der Waals surface area contributed by atoms with Crippen molar-refractivity contribution in [2.75, 3.05) is 13.1 Å². The minimum absolute atomic E-state index is 0.144. The number of alkyl halides is 1. The van der Waals surface area contributed by atoms with E-state index in [1.54, 1.807) is 31.2 Å². The SMILES string of the molecule is Cc1noc(C2(F)CCCN(S(=O)(=O)Cc3ccccc3)C2)n1. The Morgan fingerprint density at radius 1 is 1.35 bits per heavy atom. The highest BCUT2D eigenvalue weighted by molar-refractivity contribution is 7.88. The Bertz CT molecular complexity index is 778. The molecular formula is C15H18FN3O3S. The standard InChI is InChI=1S/C15H18FN3O3S/c1-12-17-14(22-18-12)15(16)8-5-9-19(11-15)23(20,21)10-13-6-3-2-4-7-13/h2-4,6-7H,5,8-11H2,1H3. The highest BCUT2D eigenvalue weighted by atomic mass is 32.2. The van der Waals surface area contributed by atoms with Gasteiger partial charge in [-0.2, -0.15) is 9.29 Å². The molecule has 0 radical (unpaired) electrons. The molecule has 3 rings (SSSR count). The molecule has 8 heteroatoms. The highest BCUT2D eigenvalue weighted by Crippen LogP contribution is 2.36. The second-order valence-electron chi connectivity index (χ2n) is 5.79. The first-order chi connectivity index (χ1) is 10.9. The lowest BCUT2D eigenvalue weighted by Gasteiger charge is -2.34. The van der Waals surface area contributed by atoms with Crippen LogP contribution in [0.3, 0.4) is 0 Å². The zero-order valence-corrected chi connectivity index (χ0v) is 13.6. The number of rotatable bonds is 4. The summed E-state index contributed by atoms with van der Waals surface area (Å²) in [6, 6.07) is 8.86. The molecule has 0 N–H and O–H groups in total. The number of nitrogens with zero attached hydrogens (tertiary/aromatic N) is 3. The fourth-order valence-corrected chi connectivity index (χ4v) is 4.35. The average Bonchev–Trinajstić information content (AvgIpc) is 2.95. The molecule has 1 atom stereocenters. The summed E-state index contributed by atoms with van der Waals surface area (Å²) in [5.41, 5.74) is -1.25. The summed E-state index contributed by atoms with van der Waals surface area (Å²) in [7, 11) is -3.61. The van der Waals surface area contributed by atoms with Gasteiger partial charge in [0.2, 0.25) is 15.7 Å². The van der Waals surface area contributed by atoms with Gasteiger partial charge in [-0.3, -0.25) is 0 Å². The monoisotopic (exact) mass is 339 g/mol. The molecule has 1 unspecified atom stereocenters. The maximum absolute atomic E-state index is 15.1. The van der Waals surface area contributed by atoms with Crippen molar-refractivity contribution in [2.45, 2.75) is 31.2 Å². The number of hydrogen-bond donors (Lipinski definition) is 0. The van der Waals surface area contributed by atoms with Gasteiger partial charge in [0.15, 0.2) is 5.82 Å². The Hall–Kier alpha value is -1.80. The van der Waals surface area contributed by atoms with Crippen molar-refractivity contribution < 1.29 is 17.3 Å². The Kier molecular flexibility index (Phi) is 4.20. The van der Waals surface area contributed by atoms with Crippen LogP contribution in [-0.2, 0) is 21.4 Å². The Morgan fingerprint density at radius 2 is 2.09 bits per heavy atom. The lowest BCUT2D eigenvalue weighted by molar-refractivity contribution is 0.0469. The van der Waals surface area contributed by atoms with Crippen LogP contribution in [0.25, 0.3) is 0 Å². The molecule has 1 aliphatic rings. The second kappa shape index (κ2) is 6.01. The molecule has 1 aromatic heterocycles. The summed E-state index contributed by atoms with van der Waals surface area (Å²) in [5.74, 6) is 0.0446. The van der Waals surface area contributed by atoms with Gasteiger partial charge >= 0.3 is 0 Å². The third kappa shape index (κ3) is 3.42. The number of halogens is 1. The van der Waals surface area contributed by atoms with Crippen LogP contribution in [0.1, 0.15) is 30.1 Å². The van der Waals surface area contributed by atoms with Crippen molar-refractivity contribution in [3.63, 3.8) is 0 Å². The Morgan fingerprint density at radius 3 is 2.74 bits per heavy atom. The van der Waals surface area contributed by atoms with E-state index in [0.29, 0.717) is 24.4 Å². The summed E-state index contributed by atoms with van der Waals surface area (Å²) in [4.78, 5) is 3.93. The molecular weight excluding hydrogens is 321 g/mol. The lowest BCUT2D eigenvalue weighted by Crippen LogP contribution is -2.46. The molecule has 0 bridgehead atoms. The second-order valence-corrected chi connectivity index (χ2v) is 7.76. The number of benzene rings is 1. The maximum atomic E-state index is 15.1. The fraction of sp³-hybridized carbons (Fsp3) is 0.467. The van der Waals surface area contributed by atoms with E-state index in [0.717, 1.165) is 0 Å². The van der Waals surface area contributed by atoms with E-state index in [2.05, 4.69) is 10.1 Å². The van der Waals surface area contributed by atoms with Crippen LogP contribution in [0.5, 0.6) is 0 Å². The van der Waals surface area contributed by atoms with Gasteiger partial charge < -0.3 is 4.52 Å². The Balaban J connectivity index is 1.80. The van der Waals surface area contributed by atoms with Crippen LogP contribution in [0, 0.1) is 6.92 Å². The predicted molar refractivity (Wildman–Crippen MR) is 81.7 cm³/mol. The van der Waals surface area contributed by atoms with Gasteiger partial charge in [-0.1, -0.05) is 35.5 Å².